The third-order valence-corrected chi connectivity index (χ3v) is 6.79. The second-order valence-corrected chi connectivity index (χ2v) is 8.45. The molecule has 2 heterocycles. The average Bonchev–Trinajstić information content (AvgIpc) is 3.13. The molecule has 2 aliphatic heterocycles. The van der Waals surface area contributed by atoms with Gasteiger partial charge in [0.1, 0.15) is 18.5 Å². The maximum Gasteiger partial charge on any atom is 0.254 e. The van der Waals surface area contributed by atoms with Gasteiger partial charge in [-0.15, -0.1) is 0 Å². The molecule has 31 heavy (non-hydrogen) atoms. The highest BCUT2D eigenvalue weighted by Gasteiger charge is 2.57. The van der Waals surface area contributed by atoms with Gasteiger partial charge in [0.05, 0.1) is 24.7 Å². The third-order valence-electron chi connectivity index (χ3n) is 6.79. The van der Waals surface area contributed by atoms with Crippen molar-refractivity contribution in [3.05, 3.63) is 64.7 Å². The molecule has 2 aromatic rings. The van der Waals surface area contributed by atoms with Crippen molar-refractivity contribution in [2.24, 2.45) is 17.6 Å². The summed E-state index contributed by atoms with van der Waals surface area (Å²) in [6.45, 7) is 3.15. The molecule has 5 rings (SSSR count). The van der Waals surface area contributed by atoms with Crippen LogP contribution in [0.25, 0.3) is 0 Å². The van der Waals surface area contributed by atoms with Crippen LogP contribution >= 0.6 is 0 Å². The number of nitrogens with zero attached hydrogens (tertiary/aromatic N) is 1. The Morgan fingerprint density at radius 3 is 2.48 bits per heavy atom. The van der Waals surface area contributed by atoms with Crippen LogP contribution < -0.4 is 10.5 Å². The summed E-state index contributed by atoms with van der Waals surface area (Å²) in [5, 5.41) is 0. The first-order valence-corrected chi connectivity index (χ1v) is 10.7. The predicted octanol–water partition coefficient (Wildman–Crippen LogP) is 2.75. The van der Waals surface area contributed by atoms with E-state index in [-0.39, 0.29) is 23.3 Å². The standard InChI is InChI=1S/C24H25FN2O4/c1-2-27(21-17-11-30-12-18(17)21)24(29)14-8-15-20(13-6-4-3-5-7-13)19(10-25)31-22(15)16(9-14)23(26)28/h3-9,17-21H,2,10-12H2,1H3,(H2,26,28)/t17-,18+,19-,20+,21?/m1/s1. The zero-order chi connectivity index (χ0) is 21.7. The van der Waals surface area contributed by atoms with E-state index in [1.54, 1.807) is 6.07 Å². The zero-order valence-electron chi connectivity index (χ0n) is 17.3. The number of nitrogens with two attached hydrogens (primary N) is 1. The number of ether oxygens (including phenoxy) is 2. The van der Waals surface area contributed by atoms with Gasteiger partial charge in [-0.25, -0.2) is 4.39 Å². The lowest BCUT2D eigenvalue weighted by Crippen LogP contribution is -2.36. The van der Waals surface area contributed by atoms with Crippen molar-refractivity contribution in [3.8, 4) is 5.75 Å². The van der Waals surface area contributed by atoms with Crippen LogP contribution in [0.4, 0.5) is 4.39 Å². The number of amides is 2. The highest BCUT2D eigenvalue weighted by molar-refractivity contribution is 6.02. The summed E-state index contributed by atoms with van der Waals surface area (Å²) >= 11 is 0. The summed E-state index contributed by atoms with van der Waals surface area (Å²) in [6.07, 6.45) is -0.775. The van der Waals surface area contributed by atoms with Crippen LogP contribution in [0, 0.1) is 11.8 Å². The van der Waals surface area contributed by atoms with E-state index < -0.39 is 24.6 Å². The molecule has 0 radical (unpaired) electrons. The minimum Gasteiger partial charge on any atom is -0.486 e. The molecule has 2 fully saturated rings. The van der Waals surface area contributed by atoms with Crippen LogP contribution in [0.2, 0.25) is 0 Å². The van der Waals surface area contributed by atoms with Crippen molar-refractivity contribution in [2.75, 3.05) is 26.4 Å². The molecule has 7 heteroatoms. The molecule has 2 N–H and O–H groups in total. The maximum atomic E-state index is 13.9. The Morgan fingerprint density at radius 1 is 1.16 bits per heavy atom. The Kier molecular flexibility index (Phi) is 4.93. The molecule has 6 nitrogen and oxygen atoms in total. The number of hydrogen-bond acceptors (Lipinski definition) is 4. The van der Waals surface area contributed by atoms with E-state index in [1.165, 1.54) is 6.07 Å². The van der Waals surface area contributed by atoms with Crippen LogP contribution in [0.3, 0.4) is 0 Å². The van der Waals surface area contributed by atoms with Crippen LogP contribution in [0.5, 0.6) is 5.75 Å². The first-order valence-electron chi connectivity index (χ1n) is 10.7. The highest BCUT2D eigenvalue weighted by Crippen LogP contribution is 2.49. The summed E-state index contributed by atoms with van der Waals surface area (Å²) in [7, 11) is 0. The van der Waals surface area contributed by atoms with Crippen LogP contribution in [-0.2, 0) is 4.74 Å². The summed E-state index contributed by atoms with van der Waals surface area (Å²) in [5.41, 5.74) is 7.62. The monoisotopic (exact) mass is 424 g/mol. The van der Waals surface area contributed by atoms with Crippen LogP contribution in [0.1, 0.15) is 44.7 Å². The quantitative estimate of drug-likeness (QED) is 0.773. The van der Waals surface area contributed by atoms with Crippen LogP contribution in [-0.4, -0.2) is 55.3 Å². The second kappa shape index (κ2) is 7.64. The number of carbonyl (C=O) groups is 2. The number of alkyl halides is 1. The van der Waals surface area contributed by atoms with Gasteiger partial charge in [-0.3, -0.25) is 9.59 Å². The number of halogens is 1. The fraction of sp³-hybridized carbons (Fsp3) is 0.417. The molecule has 162 valence electrons. The van der Waals surface area contributed by atoms with E-state index in [0.29, 0.717) is 42.7 Å². The van der Waals surface area contributed by atoms with Gasteiger partial charge >= 0.3 is 0 Å². The van der Waals surface area contributed by atoms with Crippen molar-refractivity contribution < 1.29 is 23.5 Å². The van der Waals surface area contributed by atoms with E-state index in [9.17, 15) is 14.0 Å². The Hall–Kier alpha value is -2.93. The molecular weight excluding hydrogens is 399 g/mol. The van der Waals surface area contributed by atoms with Crippen molar-refractivity contribution in [1.82, 2.24) is 4.90 Å². The largest absolute Gasteiger partial charge is 0.486 e. The normalized spacial score (nSPS) is 27.9. The van der Waals surface area contributed by atoms with Crippen LogP contribution in [0.15, 0.2) is 42.5 Å². The highest BCUT2D eigenvalue weighted by atomic mass is 19.1. The number of hydrogen-bond donors (Lipinski definition) is 1. The van der Waals surface area contributed by atoms with E-state index in [2.05, 4.69) is 0 Å². The second-order valence-electron chi connectivity index (χ2n) is 8.45. The van der Waals surface area contributed by atoms with E-state index in [0.717, 1.165) is 5.56 Å². The predicted molar refractivity (Wildman–Crippen MR) is 112 cm³/mol. The van der Waals surface area contributed by atoms with Crippen molar-refractivity contribution in [3.63, 3.8) is 0 Å². The Labute approximate surface area is 180 Å². The summed E-state index contributed by atoms with van der Waals surface area (Å²) in [4.78, 5) is 27.6. The third kappa shape index (κ3) is 3.19. The molecule has 2 amide bonds. The van der Waals surface area contributed by atoms with E-state index >= 15 is 0 Å². The first-order chi connectivity index (χ1) is 15.0. The number of carbonyl (C=O) groups excluding carboxylic acids is 2. The average molecular weight is 424 g/mol. The lowest BCUT2D eigenvalue weighted by molar-refractivity contribution is 0.0675. The van der Waals surface area contributed by atoms with Gasteiger partial charge in [0.25, 0.3) is 11.8 Å². The van der Waals surface area contributed by atoms with Gasteiger partial charge < -0.3 is 20.1 Å². The number of fused-ring (bicyclic) bond motifs is 2. The molecule has 3 aliphatic rings. The first kappa shape index (κ1) is 20.0. The lowest BCUT2D eigenvalue weighted by Gasteiger charge is -2.24. The van der Waals surface area contributed by atoms with E-state index in [1.807, 2.05) is 42.2 Å². The molecule has 0 spiro atoms. The molecule has 1 unspecified atom stereocenters. The van der Waals surface area contributed by atoms with Gasteiger partial charge in [-0.1, -0.05) is 30.3 Å². The van der Waals surface area contributed by atoms with E-state index in [4.69, 9.17) is 15.2 Å². The Morgan fingerprint density at radius 2 is 1.87 bits per heavy atom. The maximum absolute atomic E-state index is 13.9. The smallest absolute Gasteiger partial charge is 0.254 e. The minimum atomic E-state index is -0.775. The van der Waals surface area contributed by atoms with Gasteiger partial charge in [-0.05, 0) is 24.6 Å². The molecule has 5 atom stereocenters. The number of primary amides is 1. The SMILES string of the molecule is CCN(C(=O)c1cc(C(N)=O)c2c(c1)[C@H](c1ccccc1)[C@@H](CF)O2)C1[C@H]2COC[C@@H]12. The number of rotatable bonds is 6. The summed E-state index contributed by atoms with van der Waals surface area (Å²) in [5.74, 6) is -0.230. The Balaban J connectivity index is 1.57. The van der Waals surface area contributed by atoms with Crippen molar-refractivity contribution in [2.45, 2.75) is 25.0 Å². The summed E-state index contributed by atoms with van der Waals surface area (Å²) < 4.78 is 25.2. The molecule has 2 aromatic carbocycles. The molecule has 1 saturated heterocycles. The lowest BCUT2D eigenvalue weighted by atomic mass is 9.86. The van der Waals surface area contributed by atoms with Gasteiger partial charge in [0, 0.05) is 35.5 Å². The molecule has 1 saturated carbocycles. The molecule has 1 aliphatic carbocycles. The fourth-order valence-electron chi connectivity index (χ4n) is 5.24. The molecule has 0 bridgehead atoms. The van der Waals surface area contributed by atoms with Gasteiger partial charge in [-0.2, -0.15) is 0 Å². The topological polar surface area (TPSA) is 81.9 Å². The van der Waals surface area contributed by atoms with Gasteiger partial charge in [0.2, 0.25) is 0 Å². The summed E-state index contributed by atoms with van der Waals surface area (Å²) in [6, 6.07) is 12.8. The molecule has 0 aromatic heterocycles. The van der Waals surface area contributed by atoms with Gasteiger partial charge in [0.15, 0.2) is 0 Å². The number of benzene rings is 2. The molecular formula is C24H25FN2O4. The Bertz CT molecular complexity index is 1020. The zero-order valence-corrected chi connectivity index (χ0v) is 17.3. The van der Waals surface area contributed by atoms with Crippen molar-refractivity contribution in [1.29, 1.82) is 0 Å². The van der Waals surface area contributed by atoms with Crippen molar-refractivity contribution >= 4 is 11.8 Å². The minimum absolute atomic E-state index is 0.119. The fourth-order valence-corrected chi connectivity index (χ4v) is 5.24.